The molecular formula is C24H30N4O5S. The fraction of sp³-hybridized carbons (Fsp3) is 0.542. The number of carbonyl (C=O) groups is 2. The number of benzene rings is 1. The average molecular weight is 487 g/mol. The predicted octanol–water partition coefficient (Wildman–Crippen LogP) is 2.47. The van der Waals surface area contributed by atoms with Gasteiger partial charge in [0.05, 0.1) is 29.9 Å². The maximum atomic E-state index is 13.4. The molecule has 1 atom stereocenters. The van der Waals surface area contributed by atoms with Crippen LogP contribution in [0.4, 0.5) is 5.82 Å². The van der Waals surface area contributed by atoms with Crippen molar-refractivity contribution in [1.29, 1.82) is 0 Å². The van der Waals surface area contributed by atoms with Gasteiger partial charge in [0.15, 0.2) is 11.5 Å². The second kappa shape index (κ2) is 8.81. The summed E-state index contributed by atoms with van der Waals surface area (Å²) in [7, 11) is 1.85. The molecule has 0 radical (unpaired) electrons. The molecule has 0 N–H and O–H groups in total. The molecule has 10 heteroatoms. The molecule has 0 spiro atoms. The van der Waals surface area contributed by atoms with E-state index in [0.29, 0.717) is 37.9 Å². The fourth-order valence-corrected chi connectivity index (χ4v) is 5.82. The molecule has 182 valence electrons. The minimum absolute atomic E-state index is 0.0105. The van der Waals surface area contributed by atoms with Crippen LogP contribution >= 0.6 is 11.8 Å². The first-order chi connectivity index (χ1) is 16.2. The number of thioether (sulfide) groups is 1. The van der Waals surface area contributed by atoms with E-state index in [4.69, 9.17) is 19.3 Å². The van der Waals surface area contributed by atoms with Gasteiger partial charge in [-0.1, -0.05) is 26.8 Å². The summed E-state index contributed by atoms with van der Waals surface area (Å²) in [6.45, 7) is 8.68. The number of anilines is 1. The highest BCUT2D eigenvalue weighted by Gasteiger charge is 2.39. The smallest absolute Gasteiger partial charge is 0.242 e. The second-order valence-electron chi connectivity index (χ2n) is 9.74. The van der Waals surface area contributed by atoms with E-state index < -0.39 is 0 Å². The Morgan fingerprint density at radius 1 is 1.18 bits per heavy atom. The molecule has 2 aromatic rings. The molecule has 9 nitrogen and oxygen atoms in total. The number of fused-ring (bicyclic) bond motifs is 2. The quantitative estimate of drug-likeness (QED) is 0.659. The van der Waals surface area contributed by atoms with Crippen LogP contribution in [0.25, 0.3) is 0 Å². The summed E-state index contributed by atoms with van der Waals surface area (Å²) in [5.41, 5.74) is 2.65. The Labute approximate surface area is 203 Å². The van der Waals surface area contributed by atoms with E-state index in [1.807, 2.05) is 25.2 Å². The molecule has 0 bridgehead atoms. The minimum atomic E-state index is -0.256. The number of aryl methyl sites for hydroxylation is 1. The Morgan fingerprint density at radius 3 is 2.65 bits per heavy atom. The van der Waals surface area contributed by atoms with Crippen LogP contribution in [-0.4, -0.2) is 71.9 Å². The predicted molar refractivity (Wildman–Crippen MR) is 129 cm³/mol. The van der Waals surface area contributed by atoms with Gasteiger partial charge in [-0.2, -0.15) is 5.10 Å². The van der Waals surface area contributed by atoms with Crippen molar-refractivity contribution >= 4 is 29.4 Å². The summed E-state index contributed by atoms with van der Waals surface area (Å²) >= 11 is 1.56. The zero-order valence-electron chi connectivity index (χ0n) is 20.0. The van der Waals surface area contributed by atoms with Gasteiger partial charge in [-0.05, 0) is 17.7 Å². The van der Waals surface area contributed by atoms with Gasteiger partial charge in [-0.25, -0.2) is 0 Å². The number of carbonyl (C=O) groups excluding carboxylic acids is 2. The van der Waals surface area contributed by atoms with E-state index in [1.165, 1.54) is 0 Å². The lowest BCUT2D eigenvalue weighted by Crippen LogP contribution is -2.48. The summed E-state index contributed by atoms with van der Waals surface area (Å²) in [5, 5.41) is 4.73. The summed E-state index contributed by atoms with van der Waals surface area (Å²) in [6.07, 6.45) is 0. The SMILES string of the molecule is Cn1nc(C(C)(C)C)c2c1N(CC(=O)N1CCOCC1)C(=O)CSC2c1ccc2c(c1)OCO2. The lowest BCUT2D eigenvalue weighted by atomic mass is 9.87. The standard InChI is InChI=1S/C24H30N4O5S/c1-24(2,3)22-20-21(15-5-6-16-17(11-15)33-14-32-16)34-13-19(30)28(23(20)26(4)25-22)12-18(29)27-7-9-31-10-8-27/h5-6,11,21H,7-10,12-14H2,1-4H3. The van der Waals surface area contributed by atoms with Gasteiger partial charge < -0.3 is 19.1 Å². The van der Waals surface area contributed by atoms with E-state index in [1.54, 1.807) is 26.2 Å². The summed E-state index contributed by atoms with van der Waals surface area (Å²) in [4.78, 5) is 29.9. The summed E-state index contributed by atoms with van der Waals surface area (Å²) in [5.74, 6) is 2.19. The number of aromatic nitrogens is 2. The fourth-order valence-electron chi connectivity index (χ4n) is 4.63. The van der Waals surface area contributed by atoms with Crippen molar-refractivity contribution in [2.45, 2.75) is 31.4 Å². The van der Waals surface area contributed by atoms with Gasteiger partial charge >= 0.3 is 0 Å². The number of morpholine rings is 1. The van der Waals surface area contributed by atoms with E-state index >= 15 is 0 Å². The van der Waals surface area contributed by atoms with Crippen LogP contribution in [0.3, 0.4) is 0 Å². The first-order valence-corrected chi connectivity index (χ1v) is 12.5. The van der Waals surface area contributed by atoms with E-state index in [0.717, 1.165) is 22.6 Å². The minimum Gasteiger partial charge on any atom is -0.454 e. The van der Waals surface area contributed by atoms with Crippen LogP contribution in [0, 0.1) is 0 Å². The first-order valence-electron chi connectivity index (χ1n) is 11.5. The van der Waals surface area contributed by atoms with E-state index in [-0.39, 0.29) is 41.6 Å². The Hall–Kier alpha value is -2.72. The first kappa shape index (κ1) is 23.0. The Morgan fingerprint density at radius 2 is 1.91 bits per heavy atom. The third-order valence-corrected chi connectivity index (χ3v) is 7.57. The molecule has 1 aromatic heterocycles. The average Bonchev–Trinajstić information content (AvgIpc) is 3.38. The van der Waals surface area contributed by atoms with Gasteiger partial charge in [0.25, 0.3) is 0 Å². The number of amides is 2. The van der Waals surface area contributed by atoms with E-state index in [2.05, 4.69) is 20.8 Å². The molecule has 1 saturated heterocycles. The lowest BCUT2D eigenvalue weighted by Gasteiger charge is -2.30. The largest absolute Gasteiger partial charge is 0.454 e. The maximum Gasteiger partial charge on any atom is 0.242 e. The van der Waals surface area contributed by atoms with Gasteiger partial charge in [0.2, 0.25) is 18.6 Å². The summed E-state index contributed by atoms with van der Waals surface area (Å²) < 4.78 is 18.3. The zero-order valence-corrected chi connectivity index (χ0v) is 20.8. The molecule has 4 heterocycles. The van der Waals surface area contributed by atoms with Crippen LogP contribution in [0.5, 0.6) is 11.5 Å². The number of hydrogen-bond donors (Lipinski definition) is 0. The van der Waals surface area contributed by atoms with Crippen LogP contribution in [0.2, 0.25) is 0 Å². The molecule has 1 unspecified atom stereocenters. The molecule has 0 saturated carbocycles. The molecular weight excluding hydrogens is 456 g/mol. The van der Waals surface area contributed by atoms with Crippen molar-refractivity contribution in [2.75, 3.05) is 50.3 Å². The van der Waals surface area contributed by atoms with Gasteiger partial charge in [-0.3, -0.25) is 19.2 Å². The molecule has 3 aliphatic heterocycles. The van der Waals surface area contributed by atoms with Crippen molar-refractivity contribution in [2.24, 2.45) is 7.05 Å². The van der Waals surface area contributed by atoms with Crippen molar-refractivity contribution in [3.63, 3.8) is 0 Å². The second-order valence-corrected chi connectivity index (χ2v) is 10.8. The number of nitrogens with zero attached hydrogens (tertiary/aromatic N) is 4. The Kier molecular flexibility index (Phi) is 5.97. The van der Waals surface area contributed by atoms with Crippen molar-refractivity contribution < 1.29 is 23.8 Å². The highest BCUT2D eigenvalue weighted by molar-refractivity contribution is 8.00. The van der Waals surface area contributed by atoms with Crippen LogP contribution in [0.1, 0.15) is 42.8 Å². The van der Waals surface area contributed by atoms with E-state index in [9.17, 15) is 9.59 Å². The molecule has 2 amide bonds. The number of rotatable bonds is 3. The lowest BCUT2D eigenvalue weighted by molar-refractivity contribution is -0.134. The van der Waals surface area contributed by atoms with Crippen molar-refractivity contribution in [3.8, 4) is 11.5 Å². The van der Waals surface area contributed by atoms with Crippen LogP contribution < -0.4 is 14.4 Å². The van der Waals surface area contributed by atoms with Gasteiger partial charge in [0, 0.05) is 31.1 Å². The number of ether oxygens (including phenoxy) is 3. The molecule has 3 aliphatic rings. The van der Waals surface area contributed by atoms with Crippen molar-refractivity contribution in [3.05, 3.63) is 35.0 Å². The zero-order chi connectivity index (χ0) is 24.0. The molecule has 0 aliphatic carbocycles. The highest BCUT2D eigenvalue weighted by atomic mass is 32.2. The van der Waals surface area contributed by atoms with Gasteiger partial charge in [-0.15, -0.1) is 11.8 Å². The maximum absolute atomic E-state index is 13.4. The number of hydrogen-bond acceptors (Lipinski definition) is 7. The molecule has 34 heavy (non-hydrogen) atoms. The molecule has 5 rings (SSSR count). The topological polar surface area (TPSA) is 86.1 Å². The normalized spacial score (nSPS) is 20.4. The van der Waals surface area contributed by atoms with Crippen LogP contribution in [-0.2, 0) is 26.8 Å². The molecule has 1 fully saturated rings. The third kappa shape index (κ3) is 4.13. The van der Waals surface area contributed by atoms with Crippen molar-refractivity contribution in [1.82, 2.24) is 14.7 Å². The monoisotopic (exact) mass is 486 g/mol. The third-order valence-electron chi connectivity index (χ3n) is 6.31. The highest BCUT2D eigenvalue weighted by Crippen LogP contribution is 2.49. The van der Waals surface area contributed by atoms with Crippen LogP contribution in [0.15, 0.2) is 18.2 Å². The van der Waals surface area contributed by atoms with Gasteiger partial charge in [0.1, 0.15) is 12.4 Å². The Balaban J connectivity index is 1.59. The Bertz CT molecular complexity index is 1120. The summed E-state index contributed by atoms with van der Waals surface area (Å²) in [6, 6.07) is 5.92. The molecule has 1 aromatic carbocycles.